The zero-order chi connectivity index (χ0) is 17.7. The maximum Gasteiger partial charge on any atom is 0.308 e. The Morgan fingerprint density at radius 1 is 1.42 bits per heavy atom. The fraction of sp³-hybridized carbons (Fsp3) is 0.533. The minimum Gasteiger partial charge on any atom is -0.469 e. The maximum absolute atomic E-state index is 13.7. The Bertz CT molecular complexity index is 680. The Balaban J connectivity index is 2.07. The predicted molar refractivity (Wildman–Crippen MR) is 82.1 cm³/mol. The van der Waals surface area contributed by atoms with Crippen LogP contribution in [-0.2, 0) is 24.3 Å². The topological polar surface area (TPSA) is 102 Å². The summed E-state index contributed by atoms with van der Waals surface area (Å²) in [5.41, 5.74) is 0. The summed E-state index contributed by atoms with van der Waals surface area (Å²) in [5.74, 6) is -1.30. The first-order chi connectivity index (χ1) is 11.4. The normalized spacial score (nSPS) is 24.5. The van der Waals surface area contributed by atoms with Gasteiger partial charge in [-0.2, -0.15) is 0 Å². The molecule has 0 saturated carbocycles. The van der Waals surface area contributed by atoms with Crippen LogP contribution in [0.4, 0.5) is 4.39 Å². The van der Waals surface area contributed by atoms with Crippen LogP contribution >= 0.6 is 0 Å². The number of benzene rings is 1. The van der Waals surface area contributed by atoms with Gasteiger partial charge in [0.2, 0.25) is 10.0 Å². The van der Waals surface area contributed by atoms with E-state index in [9.17, 15) is 22.7 Å². The first kappa shape index (κ1) is 18.8. The third kappa shape index (κ3) is 4.50. The number of ether oxygens (including phenoxy) is 2. The molecule has 0 radical (unpaired) electrons. The lowest BCUT2D eigenvalue weighted by atomic mass is 9.98. The molecule has 1 aliphatic rings. The van der Waals surface area contributed by atoms with Crippen LogP contribution in [-0.4, -0.2) is 51.5 Å². The number of sulfonamides is 1. The lowest BCUT2D eigenvalue weighted by molar-refractivity contribution is -0.149. The molecule has 0 spiro atoms. The smallest absolute Gasteiger partial charge is 0.308 e. The van der Waals surface area contributed by atoms with Crippen LogP contribution in [0.3, 0.4) is 0 Å². The number of hydrogen-bond acceptors (Lipinski definition) is 6. The monoisotopic (exact) mass is 361 g/mol. The summed E-state index contributed by atoms with van der Waals surface area (Å²) < 4.78 is 50.9. The first-order valence-electron chi connectivity index (χ1n) is 7.47. The molecule has 0 bridgehead atoms. The summed E-state index contributed by atoms with van der Waals surface area (Å²) in [5, 5.41) is 9.44. The van der Waals surface area contributed by atoms with Crippen LogP contribution < -0.4 is 4.72 Å². The van der Waals surface area contributed by atoms with Gasteiger partial charge in [0.15, 0.2) is 0 Å². The minimum absolute atomic E-state index is 0.0276. The zero-order valence-corrected chi connectivity index (χ0v) is 14.0. The number of aliphatic hydroxyl groups is 1. The van der Waals surface area contributed by atoms with Crippen molar-refractivity contribution in [2.75, 3.05) is 13.7 Å². The van der Waals surface area contributed by atoms with E-state index in [2.05, 4.69) is 9.46 Å². The molecule has 1 saturated heterocycles. The van der Waals surface area contributed by atoms with Crippen molar-refractivity contribution in [1.82, 2.24) is 4.72 Å². The van der Waals surface area contributed by atoms with Crippen molar-refractivity contribution in [1.29, 1.82) is 0 Å². The number of methoxy groups -OCH3 is 1. The summed E-state index contributed by atoms with van der Waals surface area (Å²) in [6, 6.07) is 4.32. The van der Waals surface area contributed by atoms with Crippen molar-refractivity contribution >= 4 is 16.0 Å². The van der Waals surface area contributed by atoms with Crippen LogP contribution in [0.1, 0.15) is 19.3 Å². The van der Waals surface area contributed by atoms with E-state index >= 15 is 0 Å². The van der Waals surface area contributed by atoms with Crippen molar-refractivity contribution in [3.8, 4) is 0 Å². The maximum atomic E-state index is 13.7. The van der Waals surface area contributed by atoms with Gasteiger partial charge in [0.1, 0.15) is 10.7 Å². The van der Waals surface area contributed by atoms with Gasteiger partial charge in [-0.15, -0.1) is 0 Å². The van der Waals surface area contributed by atoms with Crippen LogP contribution in [0.25, 0.3) is 0 Å². The average molecular weight is 361 g/mol. The molecule has 1 fully saturated rings. The standard InChI is InChI=1S/C15H20FNO6S/c1-22-15(19)8-10-6-7-12(13(9-18)23-10)17-24(20,21)14-5-3-2-4-11(14)16/h2-5,10,12-13,17-18H,6-9H2,1H3/t10-,12+,13-/m0/s1. The van der Waals surface area contributed by atoms with Gasteiger partial charge in [0.25, 0.3) is 0 Å². The highest BCUT2D eigenvalue weighted by atomic mass is 32.2. The van der Waals surface area contributed by atoms with E-state index in [1.165, 1.54) is 19.2 Å². The van der Waals surface area contributed by atoms with E-state index in [1.54, 1.807) is 0 Å². The molecular weight excluding hydrogens is 341 g/mol. The van der Waals surface area contributed by atoms with Crippen molar-refractivity contribution in [3.05, 3.63) is 30.1 Å². The Labute approximate surface area is 139 Å². The molecular formula is C15H20FNO6S. The van der Waals surface area contributed by atoms with E-state index in [0.717, 1.165) is 12.1 Å². The molecule has 1 aromatic carbocycles. The van der Waals surface area contributed by atoms with E-state index in [0.29, 0.717) is 12.8 Å². The third-order valence-corrected chi connectivity index (χ3v) is 5.37. The molecule has 0 aliphatic carbocycles. The number of carbonyl (C=O) groups excluding carboxylic acids is 1. The van der Waals surface area contributed by atoms with Crippen LogP contribution in [0.2, 0.25) is 0 Å². The Hall–Kier alpha value is -1.55. The zero-order valence-electron chi connectivity index (χ0n) is 13.1. The number of hydrogen-bond donors (Lipinski definition) is 2. The number of esters is 1. The van der Waals surface area contributed by atoms with E-state index < -0.39 is 51.6 Å². The number of aliphatic hydroxyl groups excluding tert-OH is 1. The second kappa shape index (κ2) is 8.02. The molecule has 134 valence electrons. The molecule has 0 unspecified atom stereocenters. The Kier molecular flexibility index (Phi) is 6.27. The molecule has 2 N–H and O–H groups in total. The largest absolute Gasteiger partial charge is 0.469 e. The molecule has 0 amide bonds. The van der Waals surface area contributed by atoms with Gasteiger partial charge in [0.05, 0.1) is 38.4 Å². The van der Waals surface area contributed by atoms with Gasteiger partial charge in [0, 0.05) is 0 Å². The second-order valence-electron chi connectivity index (χ2n) is 5.49. The van der Waals surface area contributed by atoms with Crippen LogP contribution in [0, 0.1) is 5.82 Å². The molecule has 1 aliphatic heterocycles. The lowest BCUT2D eigenvalue weighted by Crippen LogP contribution is -2.51. The second-order valence-corrected chi connectivity index (χ2v) is 7.18. The number of carbonyl (C=O) groups is 1. The highest BCUT2D eigenvalue weighted by Gasteiger charge is 2.35. The summed E-state index contributed by atoms with van der Waals surface area (Å²) in [4.78, 5) is 10.8. The van der Waals surface area contributed by atoms with E-state index in [-0.39, 0.29) is 6.42 Å². The highest BCUT2D eigenvalue weighted by molar-refractivity contribution is 7.89. The average Bonchev–Trinajstić information content (AvgIpc) is 2.56. The molecule has 3 atom stereocenters. The molecule has 0 aromatic heterocycles. The molecule has 9 heteroatoms. The Morgan fingerprint density at radius 2 is 2.12 bits per heavy atom. The van der Waals surface area contributed by atoms with E-state index in [4.69, 9.17) is 4.74 Å². The fourth-order valence-corrected chi connectivity index (χ4v) is 3.99. The van der Waals surface area contributed by atoms with Gasteiger partial charge in [-0.3, -0.25) is 4.79 Å². The van der Waals surface area contributed by atoms with Crippen molar-refractivity contribution in [3.63, 3.8) is 0 Å². The highest BCUT2D eigenvalue weighted by Crippen LogP contribution is 2.24. The number of nitrogens with one attached hydrogen (secondary N) is 1. The van der Waals surface area contributed by atoms with Crippen LogP contribution in [0.5, 0.6) is 0 Å². The van der Waals surface area contributed by atoms with Gasteiger partial charge in [-0.1, -0.05) is 12.1 Å². The van der Waals surface area contributed by atoms with Crippen molar-refractivity contribution < 1.29 is 32.2 Å². The van der Waals surface area contributed by atoms with Gasteiger partial charge in [-0.05, 0) is 25.0 Å². The number of rotatable bonds is 6. The molecule has 2 rings (SSSR count). The summed E-state index contributed by atoms with van der Waals surface area (Å²) >= 11 is 0. The predicted octanol–water partition coefficient (Wildman–Crippen LogP) is 0.576. The minimum atomic E-state index is -4.09. The van der Waals surface area contributed by atoms with Crippen molar-refractivity contribution in [2.45, 2.75) is 42.4 Å². The third-order valence-electron chi connectivity index (χ3n) is 3.85. The molecule has 7 nitrogen and oxygen atoms in total. The summed E-state index contributed by atoms with van der Waals surface area (Å²) in [6.07, 6.45) is -0.491. The molecule has 24 heavy (non-hydrogen) atoms. The SMILES string of the molecule is COC(=O)C[C@@H]1CC[C@@H](NS(=O)(=O)c2ccccc2F)[C@H](CO)O1. The van der Waals surface area contributed by atoms with Crippen molar-refractivity contribution in [2.24, 2.45) is 0 Å². The van der Waals surface area contributed by atoms with Gasteiger partial charge >= 0.3 is 5.97 Å². The summed E-state index contributed by atoms with van der Waals surface area (Å²) in [6.45, 7) is -0.428. The molecule has 1 aromatic rings. The lowest BCUT2D eigenvalue weighted by Gasteiger charge is -2.35. The fourth-order valence-electron chi connectivity index (χ4n) is 2.61. The quantitative estimate of drug-likeness (QED) is 0.719. The van der Waals surface area contributed by atoms with Gasteiger partial charge in [-0.25, -0.2) is 17.5 Å². The first-order valence-corrected chi connectivity index (χ1v) is 8.95. The van der Waals surface area contributed by atoms with Crippen LogP contribution in [0.15, 0.2) is 29.2 Å². The van der Waals surface area contributed by atoms with E-state index in [1.807, 2.05) is 0 Å². The molecule has 1 heterocycles. The van der Waals surface area contributed by atoms with Gasteiger partial charge < -0.3 is 14.6 Å². The number of halogens is 1. The Morgan fingerprint density at radius 3 is 2.75 bits per heavy atom. The summed E-state index contributed by atoms with van der Waals surface area (Å²) in [7, 11) is -2.82.